The minimum Gasteiger partial charge on any atom is -0.395 e. The molecule has 8 nitrogen and oxygen atoms in total. The number of nitrogens with zero attached hydrogens (tertiary/aromatic N) is 4. The predicted molar refractivity (Wildman–Crippen MR) is 128 cm³/mol. The molecule has 0 aliphatic rings. The largest absolute Gasteiger partial charge is 0.395 e. The summed E-state index contributed by atoms with van der Waals surface area (Å²) in [5, 5.41) is 17.8. The fourth-order valence-corrected chi connectivity index (χ4v) is 4.03. The number of nitrogens with one attached hydrogen (secondary N) is 1. The van der Waals surface area contributed by atoms with Gasteiger partial charge in [0.2, 0.25) is 5.91 Å². The van der Waals surface area contributed by atoms with Crippen molar-refractivity contribution in [1.29, 1.82) is 0 Å². The second kappa shape index (κ2) is 8.14. The van der Waals surface area contributed by atoms with E-state index in [1.807, 2.05) is 26.0 Å². The Morgan fingerprint density at radius 1 is 1.31 bits per heavy atom. The zero-order valence-electron chi connectivity index (χ0n) is 18.3. The number of carbonyl (C=O) groups excluding carboxylic acids is 1. The molecule has 1 unspecified atom stereocenters. The van der Waals surface area contributed by atoms with E-state index in [0.717, 1.165) is 27.6 Å². The van der Waals surface area contributed by atoms with Crippen molar-refractivity contribution in [2.75, 3.05) is 12.3 Å². The highest BCUT2D eigenvalue weighted by atomic mass is 79.9. The Bertz CT molecular complexity index is 1350. The van der Waals surface area contributed by atoms with E-state index in [-0.39, 0.29) is 12.5 Å². The summed E-state index contributed by atoms with van der Waals surface area (Å²) in [6.07, 6.45) is 3.51. The number of amides is 1. The molecule has 0 saturated carbocycles. The molecule has 0 bridgehead atoms. The van der Waals surface area contributed by atoms with E-state index < -0.39 is 11.5 Å². The number of nitrogens with two attached hydrogens (primary N) is 1. The molecule has 166 valence electrons. The summed E-state index contributed by atoms with van der Waals surface area (Å²) in [6.45, 7) is 6.96. The van der Waals surface area contributed by atoms with Gasteiger partial charge < -0.3 is 16.2 Å². The second-order valence-corrected chi connectivity index (χ2v) is 9.44. The lowest BCUT2D eigenvalue weighted by Crippen LogP contribution is -2.40. The third-order valence-corrected chi connectivity index (χ3v) is 6.38. The first-order valence-electron chi connectivity index (χ1n) is 10.2. The van der Waals surface area contributed by atoms with Crippen LogP contribution >= 0.6 is 15.9 Å². The first kappa shape index (κ1) is 22.2. The number of fused-ring (bicyclic) bond motifs is 2. The molecule has 1 amide bonds. The van der Waals surface area contributed by atoms with Crippen LogP contribution in [0.4, 0.5) is 5.82 Å². The van der Waals surface area contributed by atoms with Crippen LogP contribution in [0.2, 0.25) is 0 Å². The molecule has 0 fully saturated rings. The van der Waals surface area contributed by atoms with Gasteiger partial charge in [-0.2, -0.15) is 9.61 Å². The van der Waals surface area contributed by atoms with Gasteiger partial charge in [0, 0.05) is 22.7 Å². The molecule has 0 aliphatic heterocycles. The molecule has 1 atom stereocenters. The maximum Gasteiger partial charge on any atom is 0.228 e. The van der Waals surface area contributed by atoms with Gasteiger partial charge >= 0.3 is 0 Å². The molecule has 1 aromatic carbocycles. The first-order chi connectivity index (χ1) is 15.1. The number of halogens is 1. The monoisotopic (exact) mass is 496 g/mol. The number of aromatic nitrogens is 4. The van der Waals surface area contributed by atoms with Crippen LogP contribution in [0.5, 0.6) is 0 Å². The minimum atomic E-state index is -0.910. The van der Waals surface area contributed by atoms with Crippen LogP contribution in [0.3, 0.4) is 0 Å². The van der Waals surface area contributed by atoms with E-state index >= 15 is 0 Å². The van der Waals surface area contributed by atoms with Crippen LogP contribution in [0.25, 0.3) is 27.7 Å². The molecule has 0 aliphatic carbocycles. The number of hydrogen-bond donors (Lipinski definition) is 3. The highest BCUT2D eigenvalue weighted by Gasteiger charge is 2.29. The zero-order chi connectivity index (χ0) is 23.2. The number of nitrogen functional groups attached to an aromatic ring is 1. The molecule has 32 heavy (non-hydrogen) atoms. The van der Waals surface area contributed by atoms with Crippen molar-refractivity contribution >= 4 is 44.2 Å². The summed E-state index contributed by atoms with van der Waals surface area (Å²) < 4.78 is 2.12. The molecule has 4 rings (SSSR count). The molecule has 3 heterocycles. The molecule has 9 heteroatoms. The number of pyridine rings is 1. The molecule has 0 radical (unpaired) electrons. The molecule has 0 saturated heterocycles. The fraction of sp³-hybridized carbons (Fsp3) is 0.304. The van der Waals surface area contributed by atoms with Gasteiger partial charge in [-0.1, -0.05) is 11.6 Å². The Morgan fingerprint density at radius 3 is 2.78 bits per heavy atom. The number of anilines is 1. The van der Waals surface area contributed by atoms with Crippen molar-refractivity contribution in [3.05, 3.63) is 52.4 Å². The molecule has 4 N–H and O–H groups in total. The maximum atomic E-state index is 12.6. The number of aliphatic hydroxyl groups is 1. The quantitative estimate of drug-likeness (QED) is 0.386. The van der Waals surface area contributed by atoms with Gasteiger partial charge in [0.1, 0.15) is 5.82 Å². The smallest absolute Gasteiger partial charge is 0.228 e. The summed E-state index contributed by atoms with van der Waals surface area (Å²) in [5.41, 5.74) is 10.3. The lowest BCUT2D eigenvalue weighted by molar-refractivity contribution is -0.132. The van der Waals surface area contributed by atoms with Gasteiger partial charge in [-0.05, 0) is 61.8 Å². The van der Waals surface area contributed by atoms with Crippen molar-refractivity contribution in [1.82, 2.24) is 24.9 Å². The van der Waals surface area contributed by atoms with Crippen LogP contribution in [-0.2, 0) is 4.79 Å². The van der Waals surface area contributed by atoms with Gasteiger partial charge in [-0.25, -0.2) is 4.98 Å². The van der Waals surface area contributed by atoms with Crippen molar-refractivity contribution in [3.8, 4) is 11.1 Å². The highest BCUT2D eigenvalue weighted by Crippen LogP contribution is 2.33. The summed E-state index contributed by atoms with van der Waals surface area (Å²) in [4.78, 5) is 21.9. The number of aliphatic hydroxyl groups excluding tert-OH is 1. The van der Waals surface area contributed by atoms with Gasteiger partial charge in [-0.15, -0.1) is 0 Å². The Morgan fingerprint density at radius 2 is 2.06 bits per heavy atom. The van der Waals surface area contributed by atoms with E-state index in [1.54, 1.807) is 30.8 Å². The van der Waals surface area contributed by atoms with Crippen molar-refractivity contribution < 1.29 is 9.90 Å². The standard InChI is InChI=1S/C23H25BrN6O2/c1-12-5-6-17-14(7-12)8-15(9-26-17)16-10-27-30-20(25)18(24)19(29-21(16)30)13(2)28-22(32)23(3,4)11-31/h5-10,13,31H,11,25H2,1-4H3,(H,28,32). The number of benzene rings is 1. The van der Waals surface area contributed by atoms with E-state index in [0.29, 0.717) is 21.6 Å². The van der Waals surface area contributed by atoms with E-state index in [9.17, 15) is 9.90 Å². The Kier molecular flexibility index (Phi) is 5.64. The van der Waals surface area contributed by atoms with Crippen LogP contribution < -0.4 is 11.1 Å². The Balaban J connectivity index is 1.80. The molecular formula is C23H25BrN6O2. The van der Waals surface area contributed by atoms with Crippen LogP contribution in [0.1, 0.15) is 38.1 Å². The first-order valence-corrected chi connectivity index (χ1v) is 11.0. The summed E-state index contributed by atoms with van der Waals surface area (Å²) in [7, 11) is 0. The average Bonchev–Trinajstić information content (AvgIpc) is 3.19. The lowest BCUT2D eigenvalue weighted by Gasteiger charge is -2.24. The molecular weight excluding hydrogens is 472 g/mol. The number of rotatable bonds is 5. The predicted octanol–water partition coefficient (Wildman–Crippen LogP) is 3.79. The van der Waals surface area contributed by atoms with Gasteiger partial charge in [0.15, 0.2) is 5.65 Å². The minimum absolute atomic E-state index is 0.261. The second-order valence-electron chi connectivity index (χ2n) is 8.65. The lowest BCUT2D eigenvalue weighted by atomic mass is 9.93. The van der Waals surface area contributed by atoms with Crippen LogP contribution in [0.15, 0.2) is 41.1 Å². The number of aryl methyl sites for hydroxylation is 1. The van der Waals surface area contributed by atoms with Gasteiger partial charge in [-0.3, -0.25) is 9.78 Å². The van der Waals surface area contributed by atoms with Crippen LogP contribution in [-0.4, -0.2) is 37.2 Å². The van der Waals surface area contributed by atoms with E-state index in [1.165, 1.54) is 0 Å². The summed E-state index contributed by atoms with van der Waals surface area (Å²) >= 11 is 3.50. The molecule has 0 spiro atoms. The maximum absolute atomic E-state index is 12.6. The van der Waals surface area contributed by atoms with Crippen molar-refractivity contribution in [2.24, 2.45) is 5.41 Å². The molecule has 4 aromatic rings. The van der Waals surface area contributed by atoms with Crippen LogP contribution in [0, 0.1) is 12.3 Å². The Hall–Kier alpha value is -3.04. The third-order valence-electron chi connectivity index (χ3n) is 5.56. The SMILES string of the molecule is Cc1ccc2ncc(-c3cnn4c(N)c(Br)c(C(C)NC(=O)C(C)(C)CO)nc34)cc2c1. The summed E-state index contributed by atoms with van der Waals surface area (Å²) in [5.74, 6) is 0.103. The van der Waals surface area contributed by atoms with Crippen molar-refractivity contribution in [2.45, 2.75) is 33.7 Å². The highest BCUT2D eigenvalue weighted by molar-refractivity contribution is 9.10. The number of hydrogen-bond acceptors (Lipinski definition) is 6. The normalized spacial score (nSPS) is 12.9. The number of carbonyl (C=O) groups is 1. The van der Waals surface area contributed by atoms with Gasteiger partial charge in [0.25, 0.3) is 0 Å². The summed E-state index contributed by atoms with van der Waals surface area (Å²) in [6, 6.07) is 7.72. The third kappa shape index (κ3) is 3.82. The van der Waals surface area contributed by atoms with Gasteiger partial charge in [0.05, 0.1) is 39.9 Å². The van der Waals surface area contributed by atoms with E-state index in [4.69, 9.17) is 10.7 Å². The van der Waals surface area contributed by atoms with E-state index in [2.05, 4.69) is 43.5 Å². The average molecular weight is 497 g/mol. The van der Waals surface area contributed by atoms with Crippen molar-refractivity contribution in [3.63, 3.8) is 0 Å². The topological polar surface area (TPSA) is 118 Å². The zero-order valence-corrected chi connectivity index (χ0v) is 19.9. The Labute approximate surface area is 194 Å². The molecule has 3 aromatic heterocycles. The fourth-order valence-electron chi connectivity index (χ4n) is 3.43.